The van der Waals surface area contributed by atoms with Crippen molar-refractivity contribution in [3.8, 4) is 0 Å². The van der Waals surface area contributed by atoms with E-state index >= 15 is 0 Å². The minimum absolute atomic E-state index is 0.340. The van der Waals surface area contributed by atoms with Gasteiger partial charge >= 0.3 is 0 Å². The molecule has 29 heavy (non-hydrogen) atoms. The molecule has 0 spiro atoms. The van der Waals surface area contributed by atoms with Crippen LogP contribution in [0.2, 0.25) is 10.0 Å². The fraction of sp³-hybridized carbons (Fsp3) is 0.250. The van der Waals surface area contributed by atoms with Crippen LogP contribution in [0.25, 0.3) is 0 Å². The molecule has 2 atom stereocenters. The van der Waals surface area contributed by atoms with Gasteiger partial charge in [-0.3, -0.25) is 0 Å². The molecule has 0 saturated carbocycles. The van der Waals surface area contributed by atoms with Crippen LogP contribution < -0.4 is 10.2 Å². The molecule has 3 nitrogen and oxygen atoms in total. The van der Waals surface area contributed by atoms with E-state index in [0.29, 0.717) is 10.0 Å². The molecule has 0 radical (unpaired) electrons. The van der Waals surface area contributed by atoms with Gasteiger partial charge in [0.1, 0.15) is 6.10 Å². The molecule has 5 heteroatoms. The van der Waals surface area contributed by atoms with E-state index in [1.165, 1.54) is 5.69 Å². The SMILES string of the molecule is CCN(CC)c1ccc(N[C@H](c2ccc(Cl)cc2)[C@@H](O)c2ccc(Cl)cc2)cc1. The second-order valence-electron chi connectivity index (χ2n) is 6.89. The van der Waals surface area contributed by atoms with Crippen molar-refractivity contribution in [2.24, 2.45) is 0 Å². The Kier molecular flexibility index (Phi) is 7.43. The molecular formula is C24H26Cl2N2O. The third-order valence-electron chi connectivity index (χ3n) is 5.07. The average Bonchev–Trinajstić information content (AvgIpc) is 2.75. The highest BCUT2D eigenvalue weighted by atomic mass is 35.5. The Morgan fingerprint density at radius 3 is 1.72 bits per heavy atom. The molecule has 0 heterocycles. The highest BCUT2D eigenvalue weighted by molar-refractivity contribution is 6.30. The van der Waals surface area contributed by atoms with Gasteiger partial charge in [0.05, 0.1) is 6.04 Å². The lowest BCUT2D eigenvalue weighted by molar-refractivity contribution is 0.155. The van der Waals surface area contributed by atoms with Crippen LogP contribution in [0.1, 0.15) is 37.1 Å². The first-order chi connectivity index (χ1) is 14.0. The van der Waals surface area contributed by atoms with Gasteiger partial charge in [0.2, 0.25) is 0 Å². The summed E-state index contributed by atoms with van der Waals surface area (Å²) in [6.07, 6.45) is -0.754. The first kappa shape index (κ1) is 21.5. The van der Waals surface area contributed by atoms with Gasteiger partial charge in [-0.1, -0.05) is 47.5 Å². The summed E-state index contributed by atoms with van der Waals surface area (Å²) in [6.45, 7) is 6.22. The number of aliphatic hydroxyl groups is 1. The third kappa shape index (κ3) is 5.45. The van der Waals surface area contributed by atoms with Gasteiger partial charge in [-0.05, 0) is 73.5 Å². The van der Waals surface area contributed by atoms with Crippen LogP contribution in [-0.2, 0) is 0 Å². The molecule has 0 fully saturated rings. The zero-order chi connectivity index (χ0) is 20.8. The van der Waals surface area contributed by atoms with Crippen LogP contribution in [-0.4, -0.2) is 18.2 Å². The summed E-state index contributed by atoms with van der Waals surface area (Å²) in [5, 5.41) is 15.9. The van der Waals surface area contributed by atoms with E-state index in [9.17, 15) is 5.11 Å². The Bertz CT molecular complexity index is 892. The third-order valence-corrected chi connectivity index (χ3v) is 5.58. The lowest BCUT2D eigenvalue weighted by Crippen LogP contribution is -2.22. The molecule has 152 valence electrons. The van der Waals surface area contributed by atoms with E-state index in [1.54, 1.807) is 12.1 Å². The van der Waals surface area contributed by atoms with Crippen LogP contribution in [0.4, 0.5) is 11.4 Å². The molecule has 0 unspecified atom stereocenters. The van der Waals surface area contributed by atoms with Gasteiger partial charge in [0.15, 0.2) is 0 Å². The number of nitrogens with zero attached hydrogens (tertiary/aromatic N) is 1. The molecule has 3 aromatic rings. The highest BCUT2D eigenvalue weighted by Crippen LogP contribution is 2.33. The van der Waals surface area contributed by atoms with E-state index in [1.807, 2.05) is 48.5 Å². The lowest BCUT2D eigenvalue weighted by atomic mass is 9.95. The van der Waals surface area contributed by atoms with Crippen LogP contribution >= 0.6 is 23.2 Å². The van der Waals surface area contributed by atoms with Crippen LogP contribution in [0.15, 0.2) is 72.8 Å². The Hall–Kier alpha value is -2.20. The Labute approximate surface area is 182 Å². The van der Waals surface area contributed by atoms with Gasteiger partial charge in [-0.25, -0.2) is 0 Å². The number of benzene rings is 3. The normalized spacial score (nSPS) is 13.0. The van der Waals surface area contributed by atoms with Crippen molar-refractivity contribution in [3.05, 3.63) is 94.0 Å². The summed E-state index contributed by atoms with van der Waals surface area (Å²) in [4.78, 5) is 2.29. The molecule has 0 aliphatic heterocycles. The van der Waals surface area contributed by atoms with Gasteiger partial charge in [0.25, 0.3) is 0 Å². The quantitative estimate of drug-likeness (QED) is 0.417. The van der Waals surface area contributed by atoms with E-state index in [2.05, 4.69) is 36.2 Å². The number of anilines is 2. The van der Waals surface area contributed by atoms with Crippen molar-refractivity contribution >= 4 is 34.6 Å². The molecule has 0 aromatic heterocycles. The standard InChI is InChI=1S/C24H26Cl2N2O/c1-3-28(4-2)22-15-13-21(14-16-22)27-23(17-5-9-19(25)10-6-17)24(29)18-7-11-20(26)12-8-18/h5-16,23-24,27,29H,3-4H2,1-2H3/t23-,24+/m1/s1. The molecule has 2 N–H and O–H groups in total. The van der Waals surface area contributed by atoms with E-state index in [-0.39, 0.29) is 6.04 Å². The molecule has 0 saturated heterocycles. The number of aliphatic hydroxyl groups excluding tert-OH is 1. The van der Waals surface area contributed by atoms with Crippen molar-refractivity contribution in [1.82, 2.24) is 0 Å². The first-order valence-electron chi connectivity index (χ1n) is 9.82. The second-order valence-corrected chi connectivity index (χ2v) is 7.76. The maximum Gasteiger partial charge on any atom is 0.103 e. The van der Waals surface area contributed by atoms with E-state index < -0.39 is 6.10 Å². The Morgan fingerprint density at radius 1 is 0.759 bits per heavy atom. The summed E-state index contributed by atoms with van der Waals surface area (Å²) < 4.78 is 0. The Balaban J connectivity index is 1.88. The Morgan fingerprint density at radius 2 is 1.24 bits per heavy atom. The second kappa shape index (κ2) is 10.0. The molecule has 0 bridgehead atoms. The lowest BCUT2D eigenvalue weighted by Gasteiger charge is -2.27. The van der Waals surface area contributed by atoms with Crippen molar-refractivity contribution < 1.29 is 5.11 Å². The minimum Gasteiger partial charge on any atom is -0.386 e. The summed E-state index contributed by atoms with van der Waals surface area (Å²) in [5.41, 5.74) is 3.86. The van der Waals surface area contributed by atoms with Crippen molar-refractivity contribution in [3.63, 3.8) is 0 Å². The summed E-state index contributed by atoms with van der Waals surface area (Å²) in [7, 11) is 0. The molecule has 0 aliphatic rings. The van der Waals surface area contributed by atoms with Crippen molar-refractivity contribution in [2.45, 2.75) is 26.0 Å². The van der Waals surface area contributed by atoms with Crippen molar-refractivity contribution in [2.75, 3.05) is 23.3 Å². The van der Waals surface area contributed by atoms with Gasteiger partial charge in [0, 0.05) is 34.5 Å². The maximum absolute atomic E-state index is 11.1. The fourth-order valence-electron chi connectivity index (χ4n) is 3.40. The molecule has 0 aliphatic carbocycles. The average molecular weight is 429 g/mol. The number of hydrogen-bond acceptors (Lipinski definition) is 3. The number of halogens is 2. The van der Waals surface area contributed by atoms with Gasteiger partial charge in [-0.15, -0.1) is 0 Å². The predicted octanol–water partition coefficient (Wildman–Crippen LogP) is 6.73. The molecule has 3 rings (SSSR count). The van der Waals surface area contributed by atoms with Crippen LogP contribution in [0, 0.1) is 0 Å². The molecule has 3 aromatic carbocycles. The number of nitrogens with one attached hydrogen (secondary N) is 1. The van der Waals surface area contributed by atoms with Crippen LogP contribution in [0.5, 0.6) is 0 Å². The minimum atomic E-state index is -0.754. The van der Waals surface area contributed by atoms with Crippen molar-refractivity contribution in [1.29, 1.82) is 0 Å². The summed E-state index contributed by atoms with van der Waals surface area (Å²) in [6, 6.07) is 22.8. The smallest absolute Gasteiger partial charge is 0.103 e. The number of rotatable bonds is 8. The first-order valence-corrected chi connectivity index (χ1v) is 10.6. The van der Waals surface area contributed by atoms with Gasteiger partial charge in [-0.2, -0.15) is 0 Å². The molecule has 0 amide bonds. The van der Waals surface area contributed by atoms with E-state index in [4.69, 9.17) is 23.2 Å². The van der Waals surface area contributed by atoms with Crippen LogP contribution in [0.3, 0.4) is 0 Å². The summed E-state index contributed by atoms with van der Waals surface area (Å²) in [5.74, 6) is 0. The van der Waals surface area contributed by atoms with Gasteiger partial charge < -0.3 is 15.3 Å². The topological polar surface area (TPSA) is 35.5 Å². The molecular weight excluding hydrogens is 403 g/mol. The largest absolute Gasteiger partial charge is 0.386 e. The number of hydrogen-bond donors (Lipinski definition) is 2. The highest BCUT2D eigenvalue weighted by Gasteiger charge is 2.23. The zero-order valence-corrected chi connectivity index (χ0v) is 18.2. The van der Waals surface area contributed by atoms with E-state index in [0.717, 1.165) is 29.9 Å². The maximum atomic E-state index is 11.1. The zero-order valence-electron chi connectivity index (χ0n) is 16.6. The summed E-state index contributed by atoms with van der Waals surface area (Å²) >= 11 is 12.1. The predicted molar refractivity (Wildman–Crippen MR) is 124 cm³/mol. The monoisotopic (exact) mass is 428 g/mol. The fourth-order valence-corrected chi connectivity index (χ4v) is 3.66.